The molecule has 0 saturated carbocycles. The molecule has 0 aliphatic carbocycles. The van der Waals surface area contributed by atoms with Gasteiger partial charge in [-0.3, -0.25) is 9.78 Å². The highest BCUT2D eigenvalue weighted by molar-refractivity contribution is 5.93. The van der Waals surface area contributed by atoms with Crippen molar-refractivity contribution < 1.29 is 9.53 Å². The first kappa shape index (κ1) is 16.0. The summed E-state index contributed by atoms with van der Waals surface area (Å²) in [7, 11) is 1.60. The molecule has 5 nitrogen and oxygen atoms in total. The van der Waals surface area contributed by atoms with Crippen molar-refractivity contribution in [3.05, 3.63) is 53.9 Å². The number of pyridine rings is 1. The SMILES string of the molecule is CCc1ccc(Nc2ccnc(C(=O)NCCOC)c2)cc1. The minimum Gasteiger partial charge on any atom is -0.383 e. The molecule has 0 aliphatic heterocycles. The van der Waals surface area contributed by atoms with Crippen molar-refractivity contribution in [2.45, 2.75) is 13.3 Å². The topological polar surface area (TPSA) is 63.2 Å². The van der Waals surface area contributed by atoms with Crippen LogP contribution in [0, 0.1) is 0 Å². The Hall–Kier alpha value is -2.40. The monoisotopic (exact) mass is 299 g/mol. The summed E-state index contributed by atoms with van der Waals surface area (Å²) >= 11 is 0. The standard InChI is InChI=1S/C17H21N3O2/c1-3-13-4-6-14(7-5-13)20-15-8-9-18-16(12-15)17(21)19-10-11-22-2/h4-9,12H,3,10-11H2,1-2H3,(H,18,20)(H,19,21). The summed E-state index contributed by atoms with van der Waals surface area (Å²) in [6.45, 7) is 3.07. The average molecular weight is 299 g/mol. The molecule has 0 radical (unpaired) electrons. The molecule has 0 fully saturated rings. The Morgan fingerprint density at radius 2 is 1.95 bits per heavy atom. The van der Waals surface area contributed by atoms with Gasteiger partial charge in [0.25, 0.3) is 5.91 Å². The zero-order valence-corrected chi connectivity index (χ0v) is 12.9. The van der Waals surface area contributed by atoms with E-state index < -0.39 is 0 Å². The first-order valence-electron chi connectivity index (χ1n) is 7.32. The largest absolute Gasteiger partial charge is 0.383 e. The Morgan fingerprint density at radius 1 is 1.18 bits per heavy atom. The van der Waals surface area contributed by atoms with Crippen molar-refractivity contribution in [2.24, 2.45) is 0 Å². The molecule has 5 heteroatoms. The lowest BCUT2D eigenvalue weighted by molar-refractivity contribution is 0.0932. The predicted octanol–water partition coefficient (Wildman–Crippen LogP) is 2.76. The third-order valence-corrected chi connectivity index (χ3v) is 3.24. The van der Waals surface area contributed by atoms with E-state index in [0.717, 1.165) is 17.8 Å². The molecule has 0 atom stereocenters. The number of amides is 1. The highest BCUT2D eigenvalue weighted by atomic mass is 16.5. The lowest BCUT2D eigenvalue weighted by atomic mass is 10.1. The predicted molar refractivity (Wildman–Crippen MR) is 87.5 cm³/mol. The van der Waals surface area contributed by atoms with Crippen LogP contribution in [-0.2, 0) is 11.2 Å². The molecule has 1 heterocycles. The molecule has 22 heavy (non-hydrogen) atoms. The van der Waals surface area contributed by atoms with Crippen LogP contribution in [0.3, 0.4) is 0 Å². The molecular formula is C17H21N3O2. The van der Waals surface area contributed by atoms with Gasteiger partial charge in [-0.2, -0.15) is 0 Å². The number of ether oxygens (including phenoxy) is 1. The third kappa shape index (κ3) is 4.56. The van der Waals surface area contributed by atoms with E-state index in [9.17, 15) is 4.79 Å². The molecule has 0 unspecified atom stereocenters. The number of methoxy groups -OCH3 is 1. The fourth-order valence-electron chi connectivity index (χ4n) is 1.98. The second-order valence-corrected chi connectivity index (χ2v) is 4.85. The maximum atomic E-state index is 12.0. The number of nitrogens with one attached hydrogen (secondary N) is 2. The van der Waals surface area contributed by atoms with Crippen molar-refractivity contribution in [2.75, 3.05) is 25.6 Å². The van der Waals surface area contributed by atoms with E-state index in [1.54, 1.807) is 19.4 Å². The summed E-state index contributed by atoms with van der Waals surface area (Å²) in [5.74, 6) is -0.206. The number of aromatic nitrogens is 1. The van der Waals surface area contributed by atoms with Gasteiger partial charge in [0.15, 0.2) is 0 Å². The Morgan fingerprint density at radius 3 is 2.64 bits per heavy atom. The van der Waals surface area contributed by atoms with Crippen LogP contribution in [0.15, 0.2) is 42.6 Å². The summed E-state index contributed by atoms with van der Waals surface area (Å²) in [6.07, 6.45) is 2.63. The van der Waals surface area contributed by atoms with Gasteiger partial charge in [0, 0.05) is 31.2 Å². The summed E-state index contributed by atoms with van der Waals surface area (Å²) in [4.78, 5) is 16.0. The van der Waals surface area contributed by atoms with Crippen molar-refractivity contribution in [1.82, 2.24) is 10.3 Å². The minimum atomic E-state index is -0.206. The number of anilines is 2. The molecule has 1 aromatic heterocycles. The van der Waals surface area contributed by atoms with Crippen LogP contribution in [-0.4, -0.2) is 31.2 Å². The van der Waals surface area contributed by atoms with Crippen LogP contribution in [0.1, 0.15) is 23.0 Å². The smallest absolute Gasteiger partial charge is 0.270 e. The van der Waals surface area contributed by atoms with Gasteiger partial charge in [-0.25, -0.2) is 0 Å². The van der Waals surface area contributed by atoms with E-state index in [-0.39, 0.29) is 5.91 Å². The van der Waals surface area contributed by atoms with E-state index >= 15 is 0 Å². The number of carbonyl (C=O) groups excluding carboxylic acids is 1. The highest BCUT2D eigenvalue weighted by Crippen LogP contribution is 2.17. The van der Waals surface area contributed by atoms with E-state index in [1.165, 1.54) is 5.56 Å². The van der Waals surface area contributed by atoms with Gasteiger partial charge in [0.05, 0.1) is 6.61 Å². The quantitative estimate of drug-likeness (QED) is 0.772. The molecule has 2 rings (SSSR count). The van der Waals surface area contributed by atoms with Gasteiger partial charge in [-0.1, -0.05) is 19.1 Å². The summed E-state index contributed by atoms with van der Waals surface area (Å²) in [5, 5.41) is 6.02. The second kappa shape index (κ2) is 8.14. The Balaban J connectivity index is 2.02. The number of nitrogens with zero attached hydrogens (tertiary/aromatic N) is 1. The molecule has 1 aromatic carbocycles. The van der Waals surface area contributed by atoms with Crippen molar-refractivity contribution in [3.63, 3.8) is 0 Å². The molecular weight excluding hydrogens is 278 g/mol. The van der Waals surface area contributed by atoms with Gasteiger partial charge in [0.1, 0.15) is 5.69 Å². The zero-order chi connectivity index (χ0) is 15.8. The van der Waals surface area contributed by atoms with E-state index in [4.69, 9.17) is 4.74 Å². The van der Waals surface area contributed by atoms with Crippen molar-refractivity contribution in [3.8, 4) is 0 Å². The molecule has 2 N–H and O–H groups in total. The van der Waals surface area contributed by atoms with E-state index in [1.807, 2.05) is 18.2 Å². The minimum absolute atomic E-state index is 0.206. The van der Waals surface area contributed by atoms with Crippen LogP contribution in [0.5, 0.6) is 0 Å². The fraction of sp³-hybridized carbons (Fsp3) is 0.294. The lowest BCUT2D eigenvalue weighted by Gasteiger charge is -2.09. The molecule has 0 saturated heterocycles. The van der Waals surface area contributed by atoms with E-state index in [0.29, 0.717) is 18.8 Å². The maximum Gasteiger partial charge on any atom is 0.270 e. The number of benzene rings is 1. The fourth-order valence-corrected chi connectivity index (χ4v) is 1.98. The summed E-state index contributed by atoms with van der Waals surface area (Å²) in [6, 6.07) is 11.8. The molecule has 0 bridgehead atoms. The highest BCUT2D eigenvalue weighted by Gasteiger charge is 2.07. The molecule has 116 valence electrons. The average Bonchev–Trinajstić information content (AvgIpc) is 2.56. The van der Waals surface area contributed by atoms with Crippen LogP contribution in [0.4, 0.5) is 11.4 Å². The van der Waals surface area contributed by atoms with Gasteiger partial charge < -0.3 is 15.4 Å². The molecule has 1 amide bonds. The molecule has 0 aliphatic rings. The molecule has 0 spiro atoms. The van der Waals surface area contributed by atoms with Gasteiger partial charge in [0.2, 0.25) is 0 Å². The van der Waals surface area contributed by atoms with Gasteiger partial charge >= 0.3 is 0 Å². The zero-order valence-electron chi connectivity index (χ0n) is 12.9. The normalized spacial score (nSPS) is 10.3. The first-order valence-corrected chi connectivity index (χ1v) is 7.32. The van der Waals surface area contributed by atoms with Gasteiger partial charge in [-0.05, 0) is 36.2 Å². The number of carbonyl (C=O) groups is 1. The first-order chi connectivity index (χ1) is 10.7. The van der Waals surface area contributed by atoms with Crippen molar-refractivity contribution in [1.29, 1.82) is 0 Å². The van der Waals surface area contributed by atoms with Crippen LogP contribution < -0.4 is 10.6 Å². The Kier molecular flexibility index (Phi) is 5.91. The second-order valence-electron chi connectivity index (χ2n) is 4.85. The maximum absolute atomic E-state index is 12.0. The third-order valence-electron chi connectivity index (χ3n) is 3.24. The van der Waals surface area contributed by atoms with Crippen LogP contribution in [0.25, 0.3) is 0 Å². The van der Waals surface area contributed by atoms with E-state index in [2.05, 4.69) is 34.7 Å². The molecule has 2 aromatic rings. The van der Waals surface area contributed by atoms with Crippen LogP contribution >= 0.6 is 0 Å². The number of hydrogen-bond acceptors (Lipinski definition) is 4. The number of aryl methyl sites for hydroxylation is 1. The number of hydrogen-bond donors (Lipinski definition) is 2. The van der Waals surface area contributed by atoms with Crippen molar-refractivity contribution >= 4 is 17.3 Å². The van der Waals surface area contributed by atoms with Gasteiger partial charge in [-0.15, -0.1) is 0 Å². The lowest BCUT2D eigenvalue weighted by Crippen LogP contribution is -2.27. The Bertz CT molecular complexity index is 612. The number of rotatable bonds is 7. The summed E-state index contributed by atoms with van der Waals surface area (Å²) in [5.41, 5.74) is 3.48. The Labute approximate surface area is 130 Å². The summed E-state index contributed by atoms with van der Waals surface area (Å²) < 4.78 is 4.90. The van der Waals surface area contributed by atoms with Crippen LogP contribution in [0.2, 0.25) is 0 Å².